The first kappa shape index (κ1) is 17.3. The van der Waals surface area contributed by atoms with Gasteiger partial charge in [-0.2, -0.15) is 0 Å². The summed E-state index contributed by atoms with van der Waals surface area (Å²) >= 11 is 0. The van der Waals surface area contributed by atoms with Crippen molar-refractivity contribution < 1.29 is 14.1 Å². The molecule has 2 aromatic heterocycles. The zero-order chi connectivity index (χ0) is 18.8. The first-order valence-electron chi connectivity index (χ1n) is 8.71. The number of methoxy groups -OCH3 is 1. The number of amides is 1. The summed E-state index contributed by atoms with van der Waals surface area (Å²) in [6.45, 7) is 3.07. The largest absolute Gasteiger partial charge is 0.379 e. The van der Waals surface area contributed by atoms with E-state index in [1.807, 2.05) is 30.0 Å². The number of tetrazole rings is 1. The molecule has 0 spiro atoms. The number of rotatable bonds is 5. The van der Waals surface area contributed by atoms with Crippen molar-refractivity contribution in [1.82, 2.24) is 30.3 Å². The number of likely N-dealkylation sites (tertiary alicyclic amines) is 1. The first-order valence-corrected chi connectivity index (χ1v) is 8.71. The Balaban J connectivity index is 1.45. The topological polar surface area (TPSA) is 99.2 Å². The molecule has 27 heavy (non-hydrogen) atoms. The summed E-state index contributed by atoms with van der Waals surface area (Å²) in [5, 5.41) is 15.0. The number of carbonyl (C=O) groups is 1. The molecule has 0 aliphatic carbocycles. The molecule has 9 nitrogen and oxygen atoms in total. The molecule has 140 valence electrons. The lowest BCUT2D eigenvalue weighted by Gasteiger charge is -2.16. The highest BCUT2D eigenvalue weighted by Gasteiger charge is 2.36. The Morgan fingerprint density at radius 2 is 2.11 bits per heavy atom. The molecule has 9 heteroatoms. The fourth-order valence-electron chi connectivity index (χ4n) is 3.46. The van der Waals surface area contributed by atoms with E-state index < -0.39 is 0 Å². The Bertz CT molecular complexity index is 906. The third-order valence-electron chi connectivity index (χ3n) is 4.84. The van der Waals surface area contributed by atoms with Crippen molar-refractivity contribution in [3.05, 3.63) is 53.7 Å². The minimum atomic E-state index is -0.0279. The van der Waals surface area contributed by atoms with Gasteiger partial charge in [0.2, 0.25) is 0 Å². The molecule has 2 atom stereocenters. The normalized spacial score (nSPS) is 19.6. The van der Waals surface area contributed by atoms with Crippen LogP contribution in [0.1, 0.15) is 21.8 Å². The molecule has 1 aliphatic rings. The van der Waals surface area contributed by atoms with Crippen LogP contribution in [0.25, 0.3) is 5.69 Å². The van der Waals surface area contributed by atoms with Crippen molar-refractivity contribution in [2.24, 2.45) is 5.92 Å². The number of nitrogens with zero attached hydrogens (tertiary/aromatic N) is 6. The molecule has 0 bridgehead atoms. The van der Waals surface area contributed by atoms with Crippen LogP contribution in [0, 0.1) is 12.8 Å². The van der Waals surface area contributed by atoms with Crippen LogP contribution < -0.4 is 0 Å². The monoisotopic (exact) mass is 368 g/mol. The van der Waals surface area contributed by atoms with Gasteiger partial charge in [-0.25, -0.2) is 4.68 Å². The summed E-state index contributed by atoms with van der Waals surface area (Å²) in [5.41, 5.74) is 2.27. The molecule has 4 rings (SSSR count). The summed E-state index contributed by atoms with van der Waals surface area (Å²) in [4.78, 5) is 14.7. The molecule has 0 unspecified atom stereocenters. The highest BCUT2D eigenvalue weighted by molar-refractivity contribution is 5.94. The number of ether oxygens (including phenoxy) is 1. The number of hydrogen-bond acceptors (Lipinski definition) is 7. The molecule has 3 heterocycles. The van der Waals surface area contributed by atoms with Crippen LogP contribution >= 0.6 is 0 Å². The van der Waals surface area contributed by atoms with Gasteiger partial charge in [0.05, 0.1) is 17.5 Å². The summed E-state index contributed by atoms with van der Waals surface area (Å²) in [7, 11) is 1.68. The van der Waals surface area contributed by atoms with Gasteiger partial charge in [-0.1, -0.05) is 5.16 Å². The second kappa shape index (κ2) is 7.28. The Morgan fingerprint density at radius 3 is 2.74 bits per heavy atom. The van der Waals surface area contributed by atoms with Gasteiger partial charge in [-0.05, 0) is 41.6 Å². The summed E-state index contributed by atoms with van der Waals surface area (Å²) < 4.78 is 12.5. The average Bonchev–Trinajstić information content (AvgIpc) is 3.43. The van der Waals surface area contributed by atoms with Crippen LogP contribution in [0.2, 0.25) is 0 Å². The van der Waals surface area contributed by atoms with E-state index in [0.717, 1.165) is 17.1 Å². The molecule has 0 N–H and O–H groups in total. The van der Waals surface area contributed by atoms with E-state index in [1.165, 1.54) is 6.33 Å². The third kappa shape index (κ3) is 3.59. The van der Waals surface area contributed by atoms with Gasteiger partial charge in [0.1, 0.15) is 12.1 Å². The van der Waals surface area contributed by atoms with Crippen molar-refractivity contribution in [2.45, 2.75) is 19.4 Å². The third-order valence-corrected chi connectivity index (χ3v) is 4.84. The van der Waals surface area contributed by atoms with E-state index in [0.29, 0.717) is 25.1 Å². The summed E-state index contributed by atoms with van der Waals surface area (Å²) in [5.74, 6) is 0.975. The Hall–Kier alpha value is -3.07. The fourth-order valence-corrected chi connectivity index (χ4v) is 3.46. The van der Waals surface area contributed by atoms with Crippen molar-refractivity contribution in [1.29, 1.82) is 0 Å². The van der Waals surface area contributed by atoms with Gasteiger partial charge < -0.3 is 14.2 Å². The van der Waals surface area contributed by atoms with Crippen LogP contribution in [0.5, 0.6) is 0 Å². The smallest absolute Gasteiger partial charge is 0.253 e. The van der Waals surface area contributed by atoms with Crippen LogP contribution in [-0.4, -0.2) is 62.5 Å². The van der Waals surface area contributed by atoms with Gasteiger partial charge in [-0.15, -0.1) is 5.10 Å². The highest BCUT2D eigenvalue weighted by Crippen LogP contribution is 2.25. The van der Waals surface area contributed by atoms with Crippen molar-refractivity contribution >= 4 is 5.91 Å². The molecule has 0 saturated carbocycles. The van der Waals surface area contributed by atoms with Gasteiger partial charge in [0.25, 0.3) is 5.91 Å². The average molecular weight is 368 g/mol. The number of aromatic nitrogens is 5. The maximum atomic E-state index is 12.9. The predicted octanol–water partition coefficient (Wildman–Crippen LogP) is 1.29. The maximum Gasteiger partial charge on any atom is 0.253 e. The maximum absolute atomic E-state index is 12.9. The minimum Gasteiger partial charge on any atom is -0.379 e. The molecule has 1 fully saturated rings. The lowest BCUT2D eigenvalue weighted by atomic mass is 10.0. The highest BCUT2D eigenvalue weighted by atomic mass is 16.5. The Morgan fingerprint density at radius 1 is 1.30 bits per heavy atom. The Kier molecular flexibility index (Phi) is 4.68. The molecular formula is C18H20N6O3. The fraction of sp³-hybridized carbons (Fsp3) is 0.389. The molecule has 1 aliphatic heterocycles. The number of aryl methyl sites for hydroxylation is 1. The lowest BCUT2D eigenvalue weighted by Crippen LogP contribution is -2.29. The molecule has 3 aromatic rings. The van der Waals surface area contributed by atoms with Crippen LogP contribution in [0.4, 0.5) is 0 Å². The first-order chi connectivity index (χ1) is 13.1. The quantitative estimate of drug-likeness (QED) is 0.669. The Labute approximate surface area is 155 Å². The van der Waals surface area contributed by atoms with E-state index >= 15 is 0 Å². The zero-order valence-corrected chi connectivity index (χ0v) is 15.1. The number of hydrogen-bond donors (Lipinski definition) is 0. The summed E-state index contributed by atoms with van der Waals surface area (Å²) in [6, 6.07) is 9.14. The van der Waals surface area contributed by atoms with Gasteiger partial charge in [-0.3, -0.25) is 4.79 Å². The predicted molar refractivity (Wildman–Crippen MR) is 94.3 cm³/mol. The van der Waals surface area contributed by atoms with Crippen LogP contribution in [0.3, 0.4) is 0 Å². The number of carbonyl (C=O) groups excluding carboxylic acids is 1. The van der Waals surface area contributed by atoms with Crippen LogP contribution in [-0.2, 0) is 11.2 Å². The van der Waals surface area contributed by atoms with Crippen LogP contribution in [0.15, 0.2) is 41.2 Å². The number of benzene rings is 1. The second-order valence-electron chi connectivity index (χ2n) is 6.68. The van der Waals surface area contributed by atoms with Crippen molar-refractivity contribution in [3.63, 3.8) is 0 Å². The molecule has 1 saturated heterocycles. The van der Waals surface area contributed by atoms with E-state index in [-0.39, 0.29) is 17.9 Å². The van der Waals surface area contributed by atoms with Crippen molar-refractivity contribution in [3.8, 4) is 5.69 Å². The van der Waals surface area contributed by atoms with E-state index in [9.17, 15) is 4.79 Å². The van der Waals surface area contributed by atoms with Gasteiger partial charge in [0, 0.05) is 44.2 Å². The van der Waals surface area contributed by atoms with E-state index in [2.05, 4.69) is 20.7 Å². The van der Waals surface area contributed by atoms with E-state index in [1.54, 1.807) is 23.9 Å². The zero-order valence-electron chi connectivity index (χ0n) is 15.1. The second-order valence-corrected chi connectivity index (χ2v) is 6.68. The van der Waals surface area contributed by atoms with Gasteiger partial charge >= 0.3 is 0 Å². The molecule has 0 radical (unpaired) electrons. The summed E-state index contributed by atoms with van der Waals surface area (Å²) in [6.07, 6.45) is 2.18. The van der Waals surface area contributed by atoms with Gasteiger partial charge in [0.15, 0.2) is 0 Å². The standard InChI is InChI=1S/C18H20N6O3/c1-12-7-16(27-20-12)8-14-9-23(10-17(14)26-2)18(25)13-3-5-15(6-4-13)24-11-19-21-22-24/h3-7,11,14,17H,8-10H2,1-2H3/t14-,17+/m1/s1. The lowest BCUT2D eigenvalue weighted by molar-refractivity contribution is 0.0672. The molecule has 1 amide bonds. The SMILES string of the molecule is CO[C@H]1CN(C(=O)c2ccc(-n3cnnn3)cc2)C[C@H]1Cc1cc(C)no1. The van der Waals surface area contributed by atoms with Crippen molar-refractivity contribution in [2.75, 3.05) is 20.2 Å². The van der Waals surface area contributed by atoms with E-state index in [4.69, 9.17) is 9.26 Å². The molecule has 1 aromatic carbocycles. The minimum absolute atomic E-state index is 0.0171. The molecular weight excluding hydrogens is 348 g/mol.